The number of tetrazole rings is 1. The number of aromatic amines is 1. The molecule has 8 heteroatoms. The minimum Gasteiger partial charge on any atom is -0.360 e. The number of carbonyl (C=O) groups excluding carboxylic acids is 1. The van der Waals surface area contributed by atoms with Crippen LogP contribution in [-0.4, -0.2) is 36.8 Å². The lowest BCUT2D eigenvalue weighted by molar-refractivity contribution is 0.0938. The fourth-order valence-electron chi connectivity index (χ4n) is 4.04. The first-order valence-corrected chi connectivity index (χ1v) is 10.2. The summed E-state index contributed by atoms with van der Waals surface area (Å²) in [6, 6.07) is 25.3. The monoisotopic (exact) mass is 419 g/mol. The van der Waals surface area contributed by atoms with Gasteiger partial charge in [0, 0.05) is 28.2 Å². The molecular formula is C24H17N7O. The van der Waals surface area contributed by atoms with E-state index in [2.05, 4.69) is 25.8 Å². The lowest BCUT2D eigenvalue weighted by Crippen LogP contribution is -2.29. The van der Waals surface area contributed by atoms with Crippen LogP contribution in [-0.2, 0) is 0 Å². The maximum Gasteiger partial charge on any atom is 0.255 e. The lowest BCUT2D eigenvalue weighted by Gasteiger charge is -2.13. The largest absolute Gasteiger partial charge is 0.360 e. The molecular weight excluding hydrogens is 402 g/mol. The molecule has 154 valence electrons. The first kappa shape index (κ1) is 18.2. The molecule has 8 nitrogen and oxygen atoms in total. The van der Waals surface area contributed by atoms with E-state index >= 15 is 0 Å². The van der Waals surface area contributed by atoms with E-state index in [0.29, 0.717) is 11.4 Å². The molecule has 32 heavy (non-hydrogen) atoms. The second kappa shape index (κ2) is 7.28. The zero-order chi connectivity index (χ0) is 21.5. The first-order valence-electron chi connectivity index (χ1n) is 10.2. The molecule has 0 bridgehead atoms. The van der Waals surface area contributed by atoms with E-state index in [4.69, 9.17) is 4.99 Å². The fourth-order valence-corrected chi connectivity index (χ4v) is 4.04. The Kier molecular flexibility index (Phi) is 4.14. The van der Waals surface area contributed by atoms with Gasteiger partial charge < -0.3 is 10.3 Å². The van der Waals surface area contributed by atoms with E-state index in [1.165, 1.54) is 0 Å². The van der Waals surface area contributed by atoms with Gasteiger partial charge in [0.2, 0.25) is 5.82 Å². The van der Waals surface area contributed by atoms with Crippen molar-refractivity contribution < 1.29 is 4.79 Å². The standard InChI is InChI=1S/C24H17N7O/c32-24(18-14-25-19-12-6-4-10-16(18)19)27-22-23-28-29-30-31(23)20-13-7-5-11-17(20)21(26-22)15-8-2-1-3-9-15/h1-14,22,25H,(H,27,32). The van der Waals surface area contributed by atoms with Gasteiger partial charge in [-0.2, -0.15) is 4.68 Å². The highest BCUT2D eigenvalue weighted by atomic mass is 16.1. The van der Waals surface area contributed by atoms with Crippen LogP contribution in [0.4, 0.5) is 0 Å². The number of para-hydroxylation sites is 2. The van der Waals surface area contributed by atoms with Crippen LogP contribution in [0.2, 0.25) is 0 Å². The Hall–Kier alpha value is -4.59. The first-order chi connectivity index (χ1) is 15.8. The number of nitrogens with one attached hydrogen (secondary N) is 2. The topological polar surface area (TPSA) is 101 Å². The molecule has 0 radical (unpaired) electrons. The summed E-state index contributed by atoms with van der Waals surface area (Å²) in [4.78, 5) is 21.4. The predicted octanol–water partition coefficient (Wildman–Crippen LogP) is 3.42. The number of aliphatic imine (C=N–C) groups is 1. The summed E-state index contributed by atoms with van der Waals surface area (Å²) in [5, 5.41) is 16.1. The van der Waals surface area contributed by atoms with Crippen LogP contribution >= 0.6 is 0 Å². The number of hydrogen-bond acceptors (Lipinski definition) is 5. The number of carbonyl (C=O) groups is 1. The van der Waals surface area contributed by atoms with Crippen molar-refractivity contribution in [2.45, 2.75) is 6.17 Å². The molecule has 0 aliphatic carbocycles. The van der Waals surface area contributed by atoms with Crippen LogP contribution < -0.4 is 5.32 Å². The maximum atomic E-state index is 13.3. The van der Waals surface area contributed by atoms with E-state index in [1.54, 1.807) is 10.9 Å². The number of H-pyrrole nitrogens is 1. The minimum absolute atomic E-state index is 0.260. The Bertz CT molecular complexity index is 1480. The van der Waals surface area contributed by atoms with Gasteiger partial charge in [-0.15, -0.1) is 5.10 Å². The Morgan fingerprint density at radius 2 is 1.72 bits per heavy atom. The number of amides is 1. The molecule has 0 saturated carbocycles. The molecule has 3 heterocycles. The van der Waals surface area contributed by atoms with Crippen LogP contribution in [0.5, 0.6) is 0 Å². The molecule has 0 fully saturated rings. The van der Waals surface area contributed by atoms with Gasteiger partial charge in [-0.3, -0.25) is 9.79 Å². The van der Waals surface area contributed by atoms with Crippen molar-refractivity contribution in [3.05, 3.63) is 108 Å². The van der Waals surface area contributed by atoms with Crippen molar-refractivity contribution in [2.24, 2.45) is 4.99 Å². The van der Waals surface area contributed by atoms with Gasteiger partial charge in [0.25, 0.3) is 5.91 Å². The van der Waals surface area contributed by atoms with Gasteiger partial charge >= 0.3 is 0 Å². The smallest absolute Gasteiger partial charge is 0.255 e. The zero-order valence-corrected chi connectivity index (χ0v) is 16.8. The molecule has 1 amide bonds. The Balaban J connectivity index is 1.49. The maximum absolute atomic E-state index is 13.3. The van der Waals surface area contributed by atoms with Crippen LogP contribution in [0.3, 0.4) is 0 Å². The third-order valence-electron chi connectivity index (χ3n) is 5.53. The molecule has 3 aromatic carbocycles. The highest BCUT2D eigenvalue weighted by Crippen LogP contribution is 2.28. The molecule has 2 N–H and O–H groups in total. The van der Waals surface area contributed by atoms with Crippen molar-refractivity contribution in [3.63, 3.8) is 0 Å². The number of rotatable bonds is 3. The molecule has 5 aromatic rings. The normalized spacial score (nSPS) is 14.9. The SMILES string of the molecule is O=C(NC1N=C(c2ccccc2)c2ccccc2-n2nnnc21)c1c[nH]c2ccccc12. The van der Waals surface area contributed by atoms with Crippen molar-refractivity contribution in [1.82, 2.24) is 30.5 Å². The molecule has 6 rings (SSSR count). The molecule has 1 unspecified atom stereocenters. The number of benzene rings is 3. The molecule has 0 spiro atoms. The second-order valence-electron chi connectivity index (χ2n) is 7.43. The van der Waals surface area contributed by atoms with Gasteiger partial charge in [-0.25, -0.2) is 0 Å². The number of hydrogen-bond donors (Lipinski definition) is 2. The second-order valence-corrected chi connectivity index (χ2v) is 7.43. The predicted molar refractivity (Wildman–Crippen MR) is 120 cm³/mol. The van der Waals surface area contributed by atoms with E-state index in [9.17, 15) is 4.79 Å². The average molecular weight is 419 g/mol. The highest BCUT2D eigenvalue weighted by Gasteiger charge is 2.29. The van der Waals surface area contributed by atoms with Gasteiger partial charge in [-0.05, 0) is 22.6 Å². The van der Waals surface area contributed by atoms with Crippen molar-refractivity contribution in [2.75, 3.05) is 0 Å². The van der Waals surface area contributed by atoms with Gasteiger partial charge in [0.15, 0.2) is 6.17 Å². The van der Waals surface area contributed by atoms with Gasteiger partial charge in [-0.1, -0.05) is 66.7 Å². The zero-order valence-electron chi connectivity index (χ0n) is 16.8. The summed E-state index contributed by atoms with van der Waals surface area (Å²) in [5.41, 5.74) is 4.81. The summed E-state index contributed by atoms with van der Waals surface area (Å²) in [7, 11) is 0. The molecule has 0 saturated heterocycles. The molecule has 1 aliphatic heterocycles. The summed E-state index contributed by atoms with van der Waals surface area (Å²) in [6.07, 6.45) is 0.935. The Labute approximate surface area is 182 Å². The third kappa shape index (κ3) is 2.89. The minimum atomic E-state index is -0.770. The quantitative estimate of drug-likeness (QED) is 0.468. The van der Waals surface area contributed by atoms with Crippen LogP contribution in [0.1, 0.15) is 33.5 Å². The molecule has 2 aromatic heterocycles. The van der Waals surface area contributed by atoms with Crippen LogP contribution in [0.15, 0.2) is 90.1 Å². The van der Waals surface area contributed by atoms with Crippen molar-refractivity contribution >= 4 is 22.5 Å². The summed E-state index contributed by atoms with van der Waals surface area (Å²) >= 11 is 0. The van der Waals surface area contributed by atoms with E-state index in [0.717, 1.165) is 33.4 Å². The highest BCUT2D eigenvalue weighted by molar-refractivity contribution is 6.15. The lowest BCUT2D eigenvalue weighted by atomic mass is 10.0. The third-order valence-corrected chi connectivity index (χ3v) is 5.53. The number of fused-ring (bicyclic) bond motifs is 4. The Morgan fingerprint density at radius 1 is 0.938 bits per heavy atom. The fraction of sp³-hybridized carbons (Fsp3) is 0.0417. The van der Waals surface area contributed by atoms with Gasteiger partial charge in [0.1, 0.15) is 0 Å². The number of nitrogens with zero attached hydrogens (tertiary/aromatic N) is 5. The summed E-state index contributed by atoms with van der Waals surface area (Å²) in [5.74, 6) is 0.181. The molecule has 1 atom stereocenters. The number of aromatic nitrogens is 5. The summed E-state index contributed by atoms with van der Waals surface area (Å²) in [6.45, 7) is 0. The van der Waals surface area contributed by atoms with Crippen LogP contribution in [0, 0.1) is 0 Å². The van der Waals surface area contributed by atoms with E-state index < -0.39 is 6.17 Å². The van der Waals surface area contributed by atoms with Crippen molar-refractivity contribution in [3.8, 4) is 5.69 Å². The average Bonchev–Trinajstić information content (AvgIpc) is 3.47. The van der Waals surface area contributed by atoms with Crippen LogP contribution in [0.25, 0.3) is 16.6 Å². The van der Waals surface area contributed by atoms with Gasteiger partial charge in [0.05, 0.1) is 17.0 Å². The van der Waals surface area contributed by atoms with Crippen molar-refractivity contribution in [1.29, 1.82) is 0 Å². The summed E-state index contributed by atoms with van der Waals surface area (Å²) < 4.78 is 1.63. The Morgan fingerprint density at radius 3 is 2.62 bits per heavy atom. The van der Waals surface area contributed by atoms with E-state index in [-0.39, 0.29) is 5.91 Å². The van der Waals surface area contributed by atoms with E-state index in [1.807, 2.05) is 78.9 Å². The molecule has 1 aliphatic rings.